The zero-order valence-corrected chi connectivity index (χ0v) is 18.7. The van der Waals surface area contributed by atoms with Crippen LogP contribution in [0.15, 0.2) is 24.3 Å². The summed E-state index contributed by atoms with van der Waals surface area (Å²) in [6, 6.07) is 8.92. The van der Waals surface area contributed by atoms with Crippen LogP contribution >= 0.6 is 0 Å². The molecule has 5 heteroatoms. The van der Waals surface area contributed by atoms with Gasteiger partial charge in [-0.3, -0.25) is 4.79 Å². The van der Waals surface area contributed by atoms with Crippen LogP contribution in [0.25, 0.3) is 0 Å². The lowest BCUT2D eigenvalue weighted by Crippen LogP contribution is -2.49. The molecule has 162 valence electrons. The predicted octanol–water partition coefficient (Wildman–Crippen LogP) is 3.85. The molecule has 0 spiro atoms. The molecule has 0 unspecified atom stereocenters. The predicted molar refractivity (Wildman–Crippen MR) is 116 cm³/mol. The summed E-state index contributed by atoms with van der Waals surface area (Å²) in [4.78, 5) is 17.9. The van der Waals surface area contributed by atoms with Crippen molar-refractivity contribution in [3.8, 4) is 5.75 Å². The minimum absolute atomic E-state index is 0.237. The zero-order chi connectivity index (χ0) is 20.9. The Bertz CT molecular complexity index is 641. The molecule has 0 aliphatic carbocycles. The lowest BCUT2D eigenvalue weighted by atomic mass is 9.73. The molecule has 1 aromatic rings. The van der Waals surface area contributed by atoms with Gasteiger partial charge in [-0.05, 0) is 71.1 Å². The fourth-order valence-electron chi connectivity index (χ4n) is 4.71. The van der Waals surface area contributed by atoms with Crippen molar-refractivity contribution in [1.29, 1.82) is 0 Å². The molecule has 0 radical (unpaired) electrons. The van der Waals surface area contributed by atoms with Crippen LogP contribution in [0.5, 0.6) is 5.75 Å². The number of amides is 1. The number of carbonyl (C=O) groups excluding carboxylic acids is 1. The van der Waals surface area contributed by atoms with Gasteiger partial charge in [0, 0.05) is 45.4 Å². The fourth-order valence-corrected chi connectivity index (χ4v) is 4.71. The standard InChI is InChI=1S/C24H38N2O3/c1-5-25(6-2)23(27)24(13-17-28-18-14-24)20-7-9-21(10-8-20)29-22-11-15-26(16-12-22)19(3)4/h7-10,19,22H,5-6,11-18H2,1-4H3. The van der Waals surface area contributed by atoms with Crippen LogP contribution in [-0.4, -0.2) is 67.2 Å². The number of hydrogen-bond acceptors (Lipinski definition) is 4. The molecule has 29 heavy (non-hydrogen) atoms. The number of hydrogen-bond donors (Lipinski definition) is 0. The van der Waals surface area contributed by atoms with Crippen molar-refractivity contribution in [2.75, 3.05) is 39.4 Å². The maximum atomic E-state index is 13.4. The van der Waals surface area contributed by atoms with Gasteiger partial charge in [-0.15, -0.1) is 0 Å². The summed E-state index contributed by atoms with van der Waals surface area (Å²) in [5, 5.41) is 0. The fraction of sp³-hybridized carbons (Fsp3) is 0.708. The summed E-state index contributed by atoms with van der Waals surface area (Å²) >= 11 is 0. The molecule has 0 aromatic heterocycles. The van der Waals surface area contributed by atoms with Crippen molar-refractivity contribution >= 4 is 5.91 Å². The van der Waals surface area contributed by atoms with Gasteiger partial charge >= 0.3 is 0 Å². The number of likely N-dealkylation sites (tertiary alicyclic amines) is 1. The van der Waals surface area contributed by atoms with E-state index < -0.39 is 5.41 Å². The number of likely N-dealkylation sites (N-methyl/N-ethyl adjacent to an activating group) is 1. The number of benzene rings is 1. The van der Waals surface area contributed by atoms with Gasteiger partial charge in [0.2, 0.25) is 5.91 Å². The lowest BCUT2D eigenvalue weighted by Gasteiger charge is -2.40. The van der Waals surface area contributed by atoms with Crippen molar-refractivity contribution < 1.29 is 14.3 Å². The second-order valence-corrected chi connectivity index (χ2v) is 8.64. The molecule has 0 bridgehead atoms. The summed E-state index contributed by atoms with van der Waals surface area (Å²) in [6.45, 7) is 13.6. The summed E-state index contributed by atoms with van der Waals surface area (Å²) in [5.41, 5.74) is 0.630. The Morgan fingerprint density at radius 2 is 1.72 bits per heavy atom. The first-order chi connectivity index (χ1) is 14.0. The molecule has 2 aliphatic rings. The average Bonchev–Trinajstić information content (AvgIpc) is 2.76. The average molecular weight is 403 g/mol. The summed E-state index contributed by atoms with van der Waals surface area (Å²) in [5.74, 6) is 1.15. The van der Waals surface area contributed by atoms with Gasteiger partial charge in [0.1, 0.15) is 11.9 Å². The van der Waals surface area contributed by atoms with E-state index in [-0.39, 0.29) is 12.0 Å². The minimum atomic E-state index is -0.467. The van der Waals surface area contributed by atoms with Crippen LogP contribution in [0.4, 0.5) is 0 Å². The zero-order valence-electron chi connectivity index (χ0n) is 18.7. The Balaban J connectivity index is 1.70. The first kappa shape index (κ1) is 22.1. The summed E-state index contributed by atoms with van der Waals surface area (Å²) in [6.07, 6.45) is 3.92. The number of carbonyl (C=O) groups is 1. The highest BCUT2D eigenvalue weighted by atomic mass is 16.5. The van der Waals surface area contributed by atoms with Crippen molar-refractivity contribution in [3.63, 3.8) is 0 Å². The number of rotatable bonds is 7. The van der Waals surface area contributed by atoms with Crippen LogP contribution in [0.3, 0.4) is 0 Å². The number of ether oxygens (including phenoxy) is 2. The molecule has 0 N–H and O–H groups in total. The molecule has 2 heterocycles. The SMILES string of the molecule is CCN(CC)C(=O)C1(c2ccc(OC3CCN(C(C)C)CC3)cc2)CCOCC1. The van der Waals surface area contributed by atoms with E-state index in [1.807, 2.05) is 4.90 Å². The molecule has 2 aliphatic heterocycles. The smallest absolute Gasteiger partial charge is 0.233 e. The van der Waals surface area contributed by atoms with E-state index in [0.717, 1.165) is 63.2 Å². The molecule has 1 aromatic carbocycles. The van der Waals surface area contributed by atoms with Crippen LogP contribution in [-0.2, 0) is 14.9 Å². The van der Waals surface area contributed by atoms with Crippen molar-refractivity contribution in [2.24, 2.45) is 0 Å². The summed E-state index contributed by atoms with van der Waals surface area (Å²) < 4.78 is 11.9. The van der Waals surface area contributed by atoms with Crippen LogP contribution in [0.1, 0.15) is 58.9 Å². The maximum Gasteiger partial charge on any atom is 0.233 e. The Morgan fingerprint density at radius 3 is 2.24 bits per heavy atom. The highest BCUT2D eigenvalue weighted by Crippen LogP contribution is 2.37. The number of piperidine rings is 1. The van der Waals surface area contributed by atoms with E-state index in [4.69, 9.17) is 9.47 Å². The third-order valence-electron chi connectivity index (χ3n) is 6.72. The van der Waals surface area contributed by atoms with Crippen LogP contribution in [0, 0.1) is 0 Å². The highest BCUT2D eigenvalue weighted by Gasteiger charge is 2.43. The lowest BCUT2D eigenvalue weighted by molar-refractivity contribution is -0.141. The Morgan fingerprint density at radius 1 is 1.14 bits per heavy atom. The van der Waals surface area contributed by atoms with Gasteiger partial charge in [0.05, 0.1) is 5.41 Å². The normalized spacial score (nSPS) is 20.6. The Hall–Kier alpha value is -1.59. The number of nitrogens with zero attached hydrogens (tertiary/aromatic N) is 2. The van der Waals surface area contributed by atoms with E-state index >= 15 is 0 Å². The first-order valence-electron chi connectivity index (χ1n) is 11.4. The Kier molecular flexibility index (Phi) is 7.58. The molecule has 0 saturated carbocycles. The maximum absolute atomic E-state index is 13.4. The third-order valence-corrected chi connectivity index (χ3v) is 6.72. The third kappa shape index (κ3) is 4.95. The van der Waals surface area contributed by atoms with E-state index in [1.54, 1.807) is 0 Å². The first-order valence-corrected chi connectivity index (χ1v) is 11.4. The van der Waals surface area contributed by atoms with Gasteiger partial charge in [0.15, 0.2) is 0 Å². The monoisotopic (exact) mass is 402 g/mol. The molecule has 2 saturated heterocycles. The van der Waals surface area contributed by atoms with E-state index in [2.05, 4.69) is 56.9 Å². The van der Waals surface area contributed by atoms with Crippen LogP contribution in [0.2, 0.25) is 0 Å². The molecular formula is C24H38N2O3. The quantitative estimate of drug-likeness (QED) is 0.695. The second kappa shape index (κ2) is 9.94. The van der Waals surface area contributed by atoms with E-state index in [9.17, 15) is 4.79 Å². The van der Waals surface area contributed by atoms with Crippen LogP contribution < -0.4 is 4.74 Å². The van der Waals surface area contributed by atoms with Crippen molar-refractivity contribution in [2.45, 2.75) is 70.9 Å². The molecule has 0 atom stereocenters. The molecule has 1 amide bonds. The molecule has 2 fully saturated rings. The van der Waals surface area contributed by atoms with Crippen molar-refractivity contribution in [3.05, 3.63) is 29.8 Å². The van der Waals surface area contributed by atoms with Gasteiger partial charge in [-0.25, -0.2) is 0 Å². The molecular weight excluding hydrogens is 364 g/mol. The van der Waals surface area contributed by atoms with Gasteiger partial charge in [-0.1, -0.05) is 12.1 Å². The van der Waals surface area contributed by atoms with Gasteiger partial charge < -0.3 is 19.3 Å². The Labute approximate surface area is 176 Å². The second-order valence-electron chi connectivity index (χ2n) is 8.64. The largest absolute Gasteiger partial charge is 0.490 e. The summed E-state index contributed by atoms with van der Waals surface area (Å²) in [7, 11) is 0. The topological polar surface area (TPSA) is 42.0 Å². The van der Waals surface area contributed by atoms with Crippen molar-refractivity contribution in [1.82, 2.24) is 9.80 Å². The van der Waals surface area contributed by atoms with Gasteiger partial charge in [-0.2, -0.15) is 0 Å². The highest BCUT2D eigenvalue weighted by molar-refractivity contribution is 5.88. The molecule has 5 nitrogen and oxygen atoms in total. The minimum Gasteiger partial charge on any atom is -0.490 e. The van der Waals surface area contributed by atoms with E-state index in [0.29, 0.717) is 19.3 Å². The van der Waals surface area contributed by atoms with E-state index in [1.165, 1.54) is 0 Å². The van der Waals surface area contributed by atoms with Gasteiger partial charge in [0.25, 0.3) is 0 Å². The molecule has 3 rings (SSSR count).